The van der Waals surface area contributed by atoms with E-state index in [0.717, 1.165) is 5.56 Å². The van der Waals surface area contributed by atoms with Gasteiger partial charge in [0.15, 0.2) is 0 Å². The summed E-state index contributed by atoms with van der Waals surface area (Å²) in [6, 6.07) is 17.6. The van der Waals surface area contributed by atoms with Gasteiger partial charge >= 0.3 is 0 Å². The van der Waals surface area contributed by atoms with Gasteiger partial charge in [-0.3, -0.25) is 4.79 Å². The zero-order chi connectivity index (χ0) is 16.0. The maximum atomic E-state index is 12.0. The van der Waals surface area contributed by atoms with Gasteiger partial charge in [-0.25, -0.2) is 5.43 Å². The van der Waals surface area contributed by atoms with Crippen LogP contribution in [0.1, 0.15) is 42.3 Å². The molecule has 0 saturated carbocycles. The Hall–Kier alpha value is -2.42. The van der Waals surface area contributed by atoms with Crippen LogP contribution in [-0.4, -0.2) is 12.1 Å². The highest BCUT2D eigenvalue weighted by atomic mass is 16.2. The van der Waals surface area contributed by atoms with Gasteiger partial charge in [0.1, 0.15) is 0 Å². The highest BCUT2D eigenvalue weighted by molar-refractivity contribution is 5.94. The van der Waals surface area contributed by atoms with Gasteiger partial charge in [0.05, 0.1) is 0 Å². The van der Waals surface area contributed by atoms with Gasteiger partial charge in [0.25, 0.3) is 5.91 Å². The van der Waals surface area contributed by atoms with Crippen molar-refractivity contribution in [3.63, 3.8) is 0 Å². The lowest BCUT2D eigenvalue weighted by Gasteiger charge is -2.18. The van der Waals surface area contributed by atoms with E-state index in [4.69, 9.17) is 0 Å². The number of amides is 1. The van der Waals surface area contributed by atoms with Crippen LogP contribution >= 0.6 is 0 Å². The van der Waals surface area contributed by atoms with Gasteiger partial charge in [-0.05, 0) is 28.7 Å². The van der Waals surface area contributed by atoms with Crippen LogP contribution in [0, 0.1) is 0 Å². The quantitative estimate of drug-likeness (QED) is 0.673. The fourth-order valence-electron chi connectivity index (χ4n) is 2.06. The molecule has 0 radical (unpaired) electrons. The van der Waals surface area contributed by atoms with E-state index in [1.54, 1.807) is 6.21 Å². The second kappa shape index (κ2) is 7.03. The monoisotopic (exact) mass is 294 g/mol. The van der Waals surface area contributed by atoms with Gasteiger partial charge in [0.2, 0.25) is 0 Å². The van der Waals surface area contributed by atoms with Crippen molar-refractivity contribution in [2.45, 2.75) is 32.6 Å². The number of nitrogens with one attached hydrogen (secondary N) is 1. The van der Waals surface area contributed by atoms with Gasteiger partial charge in [-0.1, -0.05) is 63.2 Å². The van der Waals surface area contributed by atoms with Crippen molar-refractivity contribution in [3.8, 4) is 0 Å². The molecule has 1 N–H and O–H groups in total. The highest BCUT2D eigenvalue weighted by Crippen LogP contribution is 2.22. The predicted octanol–water partition coefficient (Wildman–Crippen LogP) is 3.94. The van der Waals surface area contributed by atoms with Crippen molar-refractivity contribution in [1.29, 1.82) is 0 Å². The molecular formula is C19H22N2O. The van der Waals surface area contributed by atoms with E-state index in [1.165, 1.54) is 5.56 Å². The summed E-state index contributed by atoms with van der Waals surface area (Å²) in [4.78, 5) is 12.0. The number of nitrogens with zero attached hydrogens (tertiary/aromatic N) is 1. The van der Waals surface area contributed by atoms with Crippen LogP contribution in [0.25, 0.3) is 0 Å². The van der Waals surface area contributed by atoms with E-state index in [1.807, 2.05) is 54.6 Å². The summed E-state index contributed by atoms with van der Waals surface area (Å²) < 4.78 is 0. The summed E-state index contributed by atoms with van der Waals surface area (Å²) in [5, 5.41) is 3.99. The van der Waals surface area contributed by atoms with E-state index in [-0.39, 0.29) is 11.3 Å². The second-order valence-corrected chi connectivity index (χ2v) is 6.27. The standard InChI is InChI=1S/C19H22N2O/c1-19(2,3)17-11-9-16(10-12-17)18(22)21-20-14-13-15-7-5-4-6-8-15/h4-12,14H,13H2,1-3H3,(H,21,22). The van der Waals surface area contributed by atoms with Crippen LogP contribution in [0.3, 0.4) is 0 Å². The molecule has 3 nitrogen and oxygen atoms in total. The Balaban J connectivity index is 1.89. The maximum absolute atomic E-state index is 12.0. The van der Waals surface area contributed by atoms with E-state index in [0.29, 0.717) is 12.0 Å². The molecule has 3 heteroatoms. The van der Waals surface area contributed by atoms with Gasteiger partial charge in [-0.15, -0.1) is 0 Å². The van der Waals surface area contributed by atoms with Crippen molar-refractivity contribution in [2.24, 2.45) is 5.10 Å². The molecule has 0 bridgehead atoms. The fraction of sp³-hybridized carbons (Fsp3) is 0.263. The minimum Gasteiger partial charge on any atom is -0.267 e. The third-order valence-electron chi connectivity index (χ3n) is 3.44. The van der Waals surface area contributed by atoms with Crippen molar-refractivity contribution in [1.82, 2.24) is 5.43 Å². The van der Waals surface area contributed by atoms with Crippen LogP contribution in [0.15, 0.2) is 59.7 Å². The molecule has 0 aromatic heterocycles. The lowest BCUT2D eigenvalue weighted by Crippen LogP contribution is -2.18. The number of hydrogen-bond donors (Lipinski definition) is 1. The number of benzene rings is 2. The number of carbonyl (C=O) groups is 1. The Morgan fingerprint density at radius 2 is 1.68 bits per heavy atom. The van der Waals surface area contributed by atoms with E-state index in [2.05, 4.69) is 31.3 Å². The second-order valence-electron chi connectivity index (χ2n) is 6.27. The minimum absolute atomic E-state index is 0.0862. The summed E-state index contributed by atoms with van der Waals surface area (Å²) in [6.07, 6.45) is 2.40. The minimum atomic E-state index is -0.190. The highest BCUT2D eigenvalue weighted by Gasteiger charge is 2.13. The first-order chi connectivity index (χ1) is 10.5. The Bertz CT molecular complexity index is 637. The zero-order valence-corrected chi connectivity index (χ0v) is 13.3. The van der Waals surface area contributed by atoms with Crippen molar-refractivity contribution < 1.29 is 4.79 Å². The number of hydrogen-bond acceptors (Lipinski definition) is 2. The van der Waals surface area contributed by atoms with E-state index in [9.17, 15) is 4.79 Å². The summed E-state index contributed by atoms with van der Waals surface area (Å²) in [5.41, 5.74) is 5.63. The summed E-state index contributed by atoms with van der Waals surface area (Å²) in [6.45, 7) is 6.45. The molecule has 0 fully saturated rings. The molecule has 22 heavy (non-hydrogen) atoms. The summed E-state index contributed by atoms with van der Waals surface area (Å²) >= 11 is 0. The third-order valence-corrected chi connectivity index (χ3v) is 3.44. The topological polar surface area (TPSA) is 41.5 Å². The molecule has 0 aliphatic carbocycles. The van der Waals surface area contributed by atoms with Crippen molar-refractivity contribution >= 4 is 12.1 Å². The Morgan fingerprint density at radius 3 is 2.27 bits per heavy atom. The van der Waals surface area contributed by atoms with Gasteiger partial charge in [-0.2, -0.15) is 5.10 Å². The molecule has 0 atom stereocenters. The van der Waals surface area contributed by atoms with Gasteiger partial charge in [0, 0.05) is 18.2 Å². The van der Waals surface area contributed by atoms with E-state index >= 15 is 0 Å². The molecule has 114 valence electrons. The molecule has 2 aromatic carbocycles. The summed E-state index contributed by atoms with van der Waals surface area (Å²) in [7, 11) is 0. The van der Waals surface area contributed by atoms with E-state index < -0.39 is 0 Å². The van der Waals surface area contributed by atoms with Crippen LogP contribution < -0.4 is 5.43 Å². The third kappa shape index (κ3) is 4.55. The van der Waals surface area contributed by atoms with Crippen LogP contribution in [-0.2, 0) is 11.8 Å². The Kier molecular flexibility index (Phi) is 5.10. The normalized spacial score (nSPS) is 11.6. The average Bonchev–Trinajstić information content (AvgIpc) is 2.52. The van der Waals surface area contributed by atoms with Crippen molar-refractivity contribution in [3.05, 3.63) is 71.3 Å². The molecule has 0 spiro atoms. The molecule has 1 amide bonds. The lowest BCUT2D eigenvalue weighted by molar-refractivity contribution is 0.0955. The van der Waals surface area contributed by atoms with Crippen LogP contribution in [0.4, 0.5) is 0 Å². The van der Waals surface area contributed by atoms with Crippen molar-refractivity contribution in [2.75, 3.05) is 0 Å². The Morgan fingerprint density at radius 1 is 1.05 bits per heavy atom. The van der Waals surface area contributed by atoms with Crippen LogP contribution in [0.5, 0.6) is 0 Å². The first-order valence-corrected chi connectivity index (χ1v) is 7.43. The van der Waals surface area contributed by atoms with Crippen LogP contribution in [0.2, 0.25) is 0 Å². The smallest absolute Gasteiger partial charge is 0.267 e. The summed E-state index contributed by atoms with van der Waals surface area (Å²) in [5.74, 6) is -0.190. The zero-order valence-electron chi connectivity index (χ0n) is 13.3. The molecule has 2 aromatic rings. The lowest BCUT2D eigenvalue weighted by atomic mass is 9.87. The molecule has 0 aliphatic heterocycles. The largest absolute Gasteiger partial charge is 0.271 e. The first-order valence-electron chi connectivity index (χ1n) is 7.43. The number of hydrazone groups is 1. The fourth-order valence-corrected chi connectivity index (χ4v) is 2.06. The average molecular weight is 294 g/mol. The molecule has 0 unspecified atom stereocenters. The predicted molar refractivity (Wildman–Crippen MR) is 91.2 cm³/mol. The maximum Gasteiger partial charge on any atom is 0.271 e. The molecule has 0 heterocycles. The SMILES string of the molecule is CC(C)(C)c1ccc(C(=O)NN=CCc2ccccc2)cc1. The van der Waals surface area contributed by atoms with Gasteiger partial charge < -0.3 is 0 Å². The number of carbonyl (C=O) groups excluding carboxylic acids is 1. The first kappa shape index (κ1) is 16.0. The Labute approximate surface area is 132 Å². The molecule has 0 saturated heterocycles. The molecule has 2 rings (SSSR count). The molecular weight excluding hydrogens is 272 g/mol. The number of rotatable bonds is 4. The molecule has 0 aliphatic rings.